The topological polar surface area (TPSA) is 95.9 Å². The standard InChI is InChI=1S/C15H23F3N2O5/c1-14(2,3)25-13(24)19-10(12(22)23)8-11(21)20-6-4-9(5-7-20)15(16,17)18/h9-10H,4-8H2,1-3H3,(H,19,24)(H,22,23)/t10-/m1/s1. The van der Waals surface area contributed by atoms with Gasteiger partial charge in [0, 0.05) is 13.1 Å². The van der Waals surface area contributed by atoms with Crippen molar-refractivity contribution in [2.75, 3.05) is 13.1 Å². The number of halogens is 3. The second-order valence-corrected chi connectivity index (χ2v) is 6.94. The molecule has 2 N–H and O–H groups in total. The Morgan fingerprint density at radius 2 is 1.72 bits per heavy atom. The zero-order valence-corrected chi connectivity index (χ0v) is 14.4. The van der Waals surface area contributed by atoms with Crippen LogP contribution in [0.3, 0.4) is 0 Å². The van der Waals surface area contributed by atoms with Gasteiger partial charge in [0.2, 0.25) is 5.91 Å². The number of alkyl carbamates (subject to hydrolysis) is 1. The monoisotopic (exact) mass is 368 g/mol. The van der Waals surface area contributed by atoms with E-state index in [0.717, 1.165) is 0 Å². The van der Waals surface area contributed by atoms with Crippen molar-refractivity contribution in [3.05, 3.63) is 0 Å². The molecule has 0 aromatic heterocycles. The molecule has 0 spiro atoms. The summed E-state index contributed by atoms with van der Waals surface area (Å²) in [6.45, 7) is 4.60. The molecule has 0 radical (unpaired) electrons. The molecule has 1 aliphatic heterocycles. The van der Waals surface area contributed by atoms with Crippen LogP contribution in [0.4, 0.5) is 18.0 Å². The number of carbonyl (C=O) groups excluding carboxylic acids is 2. The van der Waals surface area contributed by atoms with Crippen LogP contribution in [0.25, 0.3) is 0 Å². The molecule has 1 heterocycles. The fraction of sp³-hybridized carbons (Fsp3) is 0.800. The van der Waals surface area contributed by atoms with Gasteiger partial charge in [0.25, 0.3) is 0 Å². The molecule has 1 atom stereocenters. The van der Waals surface area contributed by atoms with Gasteiger partial charge < -0.3 is 20.1 Å². The first kappa shape index (κ1) is 21.0. The minimum atomic E-state index is -4.29. The quantitative estimate of drug-likeness (QED) is 0.793. The maximum absolute atomic E-state index is 12.6. The molecule has 1 fully saturated rings. The third kappa shape index (κ3) is 7.18. The number of hydrogen-bond donors (Lipinski definition) is 2. The van der Waals surface area contributed by atoms with E-state index in [9.17, 15) is 27.6 Å². The summed E-state index contributed by atoms with van der Waals surface area (Å²) in [4.78, 5) is 36.2. The lowest BCUT2D eigenvalue weighted by Crippen LogP contribution is -2.48. The highest BCUT2D eigenvalue weighted by Gasteiger charge is 2.42. The first-order valence-electron chi connectivity index (χ1n) is 7.86. The highest BCUT2D eigenvalue weighted by atomic mass is 19.4. The van der Waals surface area contributed by atoms with Crippen LogP contribution in [0.15, 0.2) is 0 Å². The number of carboxylic acid groups (broad SMARTS) is 1. The molecule has 0 saturated carbocycles. The van der Waals surface area contributed by atoms with Crippen LogP contribution in [0, 0.1) is 5.92 Å². The van der Waals surface area contributed by atoms with Crippen molar-refractivity contribution >= 4 is 18.0 Å². The van der Waals surface area contributed by atoms with Gasteiger partial charge in [0.05, 0.1) is 12.3 Å². The lowest BCUT2D eigenvalue weighted by molar-refractivity contribution is -0.186. The average molecular weight is 368 g/mol. The first-order valence-corrected chi connectivity index (χ1v) is 7.86. The molecule has 1 rings (SSSR count). The van der Waals surface area contributed by atoms with Crippen molar-refractivity contribution < 1.29 is 37.4 Å². The van der Waals surface area contributed by atoms with Crippen LogP contribution in [0.2, 0.25) is 0 Å². The normalized spacial score (nSPS) is 17.8. The molecule has 7 nitrogen and oxygen atoms in total. The summed E-state index contributed by atoms with van der Waals surface area (Å²) in [7, 11) is 0. The smallest absolute Gasteiger partial charge is 0.408 e. The van der Waals surface area contributed by atoms with E-state index < -0.39 is 48.1 Å². The predicted octanol–water partition coefficient (Wildman–Crippen LogP) is 2.16. The molecule has 10 heteroatoms. The van der Waals surface area contributed by atoms with E-state index in [4.69, 9.17) is 9.84 Å². The summed E-state index contributed by atoms with van der Waals surface area (Å²) < 4.78 is 42.8. The summed E-state index contributed by atoms with van der Waals surface area (Å²) in [5.74, 6) is -3.50. The van der Waals surface area contributed by atoms with Crippen LogP contribution >= 0.6 is 0 Å². The number of aliphatic carboxylic acids is 1. The van der Waals surface area contributed by atoms with Crippen molar-refractivity contribution in [1.82, 2.24) is 10.2 Å². The zero-order chi connectivity index (χ0) is 19.4. The molecule has 0 bridgehead atoms. The molecule has 1 saturated heterocycles. The summed E-state index contributed by atoms with van der Waals surface area (Å²) in [6, 6.07) is -1.51. The van der Waals surface area contributed by atoms with E-state index >= 15 is 0 Å². The maximum atomic E-state index is 12.6. The third-order valence-corrected chi connectivity index (χ3v) is 3.68. The van der Waals surface area contributed by atoms with Gasteiger partial charge >= 0.3 is 18.2 Å². The van der Waals surface area contributed by atoms with E-state index in [1.54, 1.807) is 20.8 Å². The minimum Gasteiger partial charge on any atom is -0.480 e. The Morgan fingerprint density at radius 1 is 1.20 bits per heavy atom. The number of likely N-dealkylation sites (tertiary alicyclic amines) is 1. The van der Waals surface area contributed by atoms with Gasteiger partial charge in [-0.05, 0) is 33.6 Å². The first-order chi connectivity index (χ1) is 11.3. The lowest BCUT2D eigenvalue weighted by Gasteiger charge is -2.33. The van der Waals surface area contributed by atoms with Gasteiger partial charge in [-0.3, -0.25) is 4.79 Å². The number of nitrogens with one attached hydrogen (secondary N) is 1. The molecular formula is C15H23F3N2O5. The summed E-state index contributed by atoms with van der Waals surface area (Å²) in [6.07, 6.45) is -6.26. The number of nitrogens with zero attached hydrogens (tertiary/aromatic N) is 1. The van der Waals surface area contributed by atoms with Crippen LogP contribution in [-0.2, 0) is 14.3 Å². The second-order valence-electron chi connectivity index (χ2n) is 6.94. The highest BCUT2D eigenvalue weighted by Crippen LogP contribution is 2.34. The van der Waals surface area contributed by atoms with E-state index in [-0.39, 0.29) is 25.9 Å². The number of ether oxygens (including phenoxy) is 1. The number of rotatable bonds is 4. The Hall–Kier alpha value is -2.00. The highest BCUT2D eigenvalue weighted by molar-refractivity contribution is 5.87. The average Bonchev–Trinajstić information content (AvgIpc) is 2.43. The second kappa shape index (κ2) is 7.92. The van der Waals surface area contributed by atoms with Gasteiger partial charge in [0.15, 0.2) is 0 Å². The van der Waals surface area contributed by atoms with E-state index in [2.05, 4.69) is 5.32 Å². The largest absolute Gasteiger partial charge is 0.480 e. The van der Waals surface area contributed by atoms with Crippen LogP contribution in [0.1, 0.15) is 40.0 Å². The van der Waals surface area contributed by atoms with Crippen molar-refractivity contribution in [3.63, 3.8) is 0 Å². The Labute approximate surface area is 143 Å². The van der Waals surface area contributed by atoms with Crippen LogP contribution in [-0.4, -0.2) is 58.9 Å². The van der Waals surface area contributed by atoms with Crippen molar-refractivity contribution in [2.45, 2.75) is 57.9 Å². The number of carboxylic acids is 1. The Bertz CT molecular complexity index is 508. The Balaban J connectivity index is 2.57. The molecule has 0 aromatic rings. The minimum absolute atomic E-state index is 0.0954. The van der Waals surface area contributed by atoms with E-state index in [1.807, 2.05) is 0 Å². The molecule has 25 heavy (non-hydrogen) atoms. The third-order valence-electron chi connectivity index (χ3n) is 3.68. The van der Waals surface area contributed by atoms with Gasteiger partial charge in [0.1, 0.15) is 11.6 Å². The maximum Gasteiger partial charge on any atom is 0.408 e. The zero-order valence-electron chi connectivity index (χ0n) is 14.4. The van der Waals surface area contributed by atoms with Gasteiger partial charge in [-0.15, -0.1) is 0 Å². The fourth-order valence-corrected chi connectivity index (χ4v) is 2.41. The van der Waals surface area contributed by atoms with E-state index in [0.29, 0.717) is 0 Å². The van der Waals surface area contributed by atoms with Crippen LogP contribution < -0.4 is 5.32 Å². The number of carbonyl (C=O) groups is 3. The summed E-state index contributed by atoms with van der Waals surface area (Å²) >= 11 is 0. The Morgan fingerprint density at radius 3 is 2.12 bits per heavy atom. The van der Waals surface area contributed by atoms with Crippen molar-refractivity contribution in [1.29, 1.82) is 0 Å². The predicted molar refractivity (Wildman–Crippen MR) is 80.8 cm³/mol. The number of hydrogen-bond acceptors (Lipinski definition) is 4. The SMILES string of the molecule is CC(C)(C)OC(=O)N[C@H](CC(=O)N1CCC(C(F)(F)F)CC1)C(=O)O. The van der Waals surface area contributed by atoms with E-state index in [1.165, 1.54) is 4.90 Å². The van der Waals surface area contributed by atoms with Crippen molar-refractivity contribution in [2.24, 2.45) is 5.92 Å². The summed E-state index contributed by atoms with van der Waals surface area (Å²) in [5, 5.41) is 11.2. The number of amides is 2. The van der Waals surface area contributed by atoms with Gasteiger partial charge in [-0.25, -0.2) is 9.59 Å². The molecule has 0 aliphatic carbocycles. The Kier molecular flexibility index (Phi) is 6.67. The molecule has 144 valence electrons. The lowest BCUT2D eigenvalue weighted by atomic mass is 9.96. The van der Waals surface area contributed by atoms with Crippen molar-refractivity contribution in [3.8, 4) is 0 Å². The molecular weight excluding hydrogens is 345 g/mol. The summed E-state index contributed by atoms with van der Waals surface area (Å²) in [5.41, 5.74) is -0.837. The number of alkyl halides is 3. The van der Waals surface area contributed by atoms with Crippen LogP contribution in [0.5, 0.6) is 0 Å². The molecule has 2 amide bonds. The van der Waals surface area contributed by atoms with Gasteiger partial charge in [-0.1, -0.05) is 0 Å². The molecule has 1 aliphatic rings. The molecule has 0 unspecified atom stereocenters. The number of piperidine rings is 1. The molecule has 0 aromatic carbocycles. The fourth-order valence-electron chi connectivity index (χ4n) is 2.41. The van der Waals surface area contributed by atoms with Gasteiger partial charge in [-0.2, -0.15) is 13.2 Å².